The molecule has 1 aliphatic rings. The summed E-state index contributed by atoms with van der Waals surface area (Å²) < 4.78 is 5.16. The predicted molar refractivity (Wildman–Crippen MR) is 104 cm³/mol. The van der Waals surface area contributed by atoms with Crippen LogP contribution in [0.3, 0.4) is 0 Å². The Morgan fingerprint density at radius 3 is 2.56 bits per heavy atom. The maximum atomic E-state index is 12.8. The van der Waals surface area contributed by atoms with E-state index in [1.807, 2.05) is 37.2 Å². The van der Waals surface area contributed by atoms with Crippen molar-refractivity contribution < 1.29 is 9.53 Å². The zero-order valence-corrected chi connectivity index (χ0v) is 15.8. The summed E-state index contributed by atoms with van der Waals surface area (Å²) in [5, 5.41) is 3.11. The smallest absolute Gasteiger partial charge is 0.321 e. The van der Waals surface area contributed by atoms with Gasteiger partial charge in [-0.3, -0.25) is 0 Å². The SMILES string of the molecule is COCCN(CCCN(C)C)C(=O)Nc1ccccc1N1CCCC1. The highest BCUT2D eigenvalue weighted by Gasteiger charge is 2.19. The number of benzene rings is 1. The van der Waals surface area contributed by atoms with E-state index >= 15 is 0 Å². The van der Waals surface area contributed by atoms with Crippen molar-refractivity contribution in [2.75, 3.05) is 70.8 Å². The van der Waals surface area contributed by atoms with Gasteiger partial charge in [0.1, 0.15) is 0 Å². The van der Waals surface area contributed by atoms with Crippen LogP contribution in [0.4, 0.5) is 16.2 Å². The standard InChI is InChI=1S/C19H32N4O2/c1-21(2)11-8-14-23(15-16-25-3)19(24)20-17-9-4-5-10-18(17)22-12-6-7-13-22/h4-5,9-10H,6-8,11-16H2,1-3H3,(H,20,24). The third kappa shape index (κ3) is 6.21. The van der Waals surface area contributed by atoms with E-state index in [9.17, 15) is 4.79 Å². The Balaban J connectivity index is 2.01. The Kier molecular flexibility index (Phi) is 8.01. The molecule has 6 heteroatoms. The van der Waals surface area contributed by atoms with Gasteiger partial charge in [0.05, 0.1) is 18.0 Å². The van der Waals surface area contributed by atoms with Crippen molar-refractivity contribution in [2.45, 2.75) is 19.3 Å². The molecule has 1 aromatic rings. The number of amides is 2. The van der Waals surface area contributed by atoms with E-state index in [2.05, 4.69) is 21.2 Å². The lowest BCUT2D eigenvalue weighted by Gasteiger charge is -2.26. The van der Waals surface area contributed by atoms with Crippen LogP contribution in [-0.4, -0.2) is 76.4 Å². The first-order chi connectivity index (χ1) is 12.1. The molecule has 1 saturated heterocycles. The van der Waals surface area contributed by atoms with Gasteiger partial charge in [-0.05, 0) is 52.0 Å². The van der Waals surface area contributed by atoms with Gasteiger partial charge in [-0.15, -0.1) is 0 Å². The predicted octanol–water partition coefficient (Wildman–Crippen LogP) is 2.72. The zero-order chi connectivity index (χ0) is 18.1. The lowest BCUT2D eigenvalue weighted by atomic mass is 10.2. The van der Waals surface area contributed by atoms with Crippen LogP contribution in [-0.2, 0) is 4.74 Å². The molecule has 25 heavy (non-hydrogen) atoms. The van der Waals surface area contributed by atoms with Crippen molar-refractivity contribution >= 4 is 17.4 Å². The number of rotatable bonds is 9. The summed E-state index contributed by atoms with van der Waals surface area (Å²) in [6, 6.07) is 8.03. The lowest BCUT2D eigenvalue weighted by molar-refractivity contribution is 0.153. The van der Waals surface area contributed by atoms with Crippen molar-refractivity contribution in [1.29, 1.82) is 0 Å². The Hall–Kier alpha value is -1.79. The Morgan fingerprint density at radius 1 is 1.16 bits per heavy atom. The maximum absolute atomic E-state index is 12.8. The van der Waals surface area contributed by atoms with Gasteiger partial charge in [-0.1, -0.05) is 12.1 Å². The first-order valence-corrected chi connectivity index (χ1v) is 9.15. The molecule has 1 fully saturated rings. The summed E-state index contributed by atoms with van der Waals surface area (Å²) in [6.45, 7) is 4.94. The quantitative estimate of drug-likeness (QED) is 0.745. The summed E-state index contributed by atoms with van der Waals surface area (Å²) in [7, 11) is 5.76. The Labute approximate surface area is 151 Å². The molecule has 0 atom stereocenters. The summed E-state index contributed by atoms with van der Waals surface area (Å²) in [5.41, 5.74) is 2.01. The number of hydrogen-bond acceptors (Lipinski definition) is 4. The fraction of sp³-hybridized carbons (Fsp3) is 0.632. The number of nitrogens with zero attached hydrogens (tertiary/aromatic N) is 3. The minimum absolute atomic E-state index is 0.0533. The molecule has 0 unspecified atom stereocenters. The van der Waals surface area contributed by atoms with Gasteiger partial charge in [0.15, 0.2) is 0 Å². The van der Waals surface area contributed by atoms with Gasteiger partial charge in [-0.25, -0.2) is 4.79 Å². The molecule has 2 amide bonds. The summed E-state index contributed by atoms with van der Waals surface area (Å²) in [5.74, 6) is 0. The average molecular weight is 348 g/mol. The number of carbonyl (C=O) groups is 1. The van der Waals surface area contributed by atoms with Crippen LogP contribution in [0.1, 0.15) is 19.3 Å². The van der Waals surface area contributed by atoms with Crippen molar-refractivity contribution in [2.24, 2.45) is 0 Å². The first-order valence-electron chi connectivity index (χ1n) is 9.15. The number of nitrogens with one attached hydrogen (secondary N) is 1. The van der Waals surface area contributed by atoms with Gasteiger partial charge >= 0.3 is 6.03 Å². The molecule has 0 aromatic heterocycles. The first kappa shape index (κ1) is 19.5. The second kappa shape index (κ2) is 10.3. The minimum atomic E-state index is -0.0533. The van der Waals surface area contributed by atoms with Gasteiger partial charge in [-0.2, -0.15) is 0 Å². The normalized spacial score (nSPS) is 14.2. The third-order valence-electron chi connectivity index (χ3n) is 4.48. The lowest BCUT2D eigenvalue weighted by Crippen LogP contribution is -2.39. The molecule has 6 nitrogen and oxygen atoms in total. The monoisotopic (exact) mass is 348 g/mol. The summed E-state index contributed by atoms with van der Waals surface area (Å²) in [6.07, 6.45) is 3.37. The number of methoxy groups -OCH3 is 1. The van der Waals surface area contributed by atoms with Crippen molar-refractivity contribution in [3.05, 3.63) is 24.3 Å². The zero-order valence-electron chi connectivity index (χ0n) is 15.8. The van der Waals surface area contributed by atoms with E-state index in [4.69, 9.17) is 4.74 Å². The highest BCUT2D eigenvalue weighted by molar-refractivity contribution is 5.93. The number of carbonyl (C=O) groups excluding carboxylic acids is 1. The van der Waals surface area contributed by atoms with Gasteiger partial charge in [0.25, 0.3) is 0 Å². The van der Waals surface area contributed by atoms with Crippen molar-refractivity contribution in [3.8, 4) is 0 Å². The second-order valence-corrected chi connectivity index (χ2v) is 6.78. The van der Waals surface area contributed by atoms with Crippen LogP contribution >= 0.6 is 0 Å². The van der Waals surface area contributed by atoms with Crippen LogP contribution in [0.5, 0.6) is 0 Å². The molecular formula is C19H32N4O2. The van der Waals surface area contributed by atoms with E-state index in [1.165, 1.54) is 12.8 Å². The van der Waals surface area contributed by atoms with E-state index < -0.39 is 0 Å². The fourth-order valence-corrected chi connectivity index (χ4v) is 3.10. The molecule has 1 aromatic carbocycles. The van der Waals surface area contributed by atoms with Crippen molar-refractivity contribution in [3.63, 3.8) is 0 Å². The Bertz CT molecular complexity index is 530. The molecule has 0 saturated carbocycles. The molecule has 140 valence electrons. The number of ether oxygens (including phenoxy) is 1. The molecular weight excluding hydrogens is 316 g/mol. The van der Waals surface area contributed by atoms with Crippen LogP contribution in [0, 0.1) is 0 Å². The maximum Gasteiger partial charge on any atom is 0.321 e. The van der Waals surface area contributed by atoms with Crippen LogP contribution in [0.2, 0.25) is 0 Å². The molecule has 1 aliphatic heterocycles. The number of anilines is 2. The molecule has 1 heterocycles. The molecule has 0 aliphatic carbocycles. The third-order valence-corrected chi connectivity index (χ3v) is 4.48. The minimum Gasteiger partial charge on any atom is -0.383 e. The van der Waals surface area contributed by atoms with Gasteiger partial charge < -0.3 is 24.8 Å². The van der Waals surface area contributed by atoms with Crippen molar-refractivity contribution in [1.82, 2.24) is 9.80 Å². The van der Waals surface area contributed by atoms with E-state index in [1.54, 1.807) is 7.11 Å². The number of hydrogen-bond donors (Lipinski definition) is 1. The summed E-state index contributed by atoms with van der Waals surface area (Å²) in [4.78, 5) is 19.1. The molecule has 2 rings (SSSR count). The van der Waals surface area contributed by atoms with Crippen LogP contribution in [0.25, 0.3) is 0 Å². The van der Waals surface area contributed by atoms with Gasteiger partial charge in [0.2, 0.25) is 0 Å². The summed E-state index contributed by atoms with van der Waals surface area (Å²) >= 11 is 0. The number of urea groups is 1. The van der Waals surface area contributed by atoms with E-state index in [0.29, 0.717) is 13.2 Å². The van der Waals surface area contributed by atoms with Crippen LogP contribution < -0.4 is 10.2 Å². The average Bonchev–Trinajstić information content (AvgIpc) is 3.12. The highest BCUT2D eigenvalue weighted by Crippen LogP contribution is 2.28. The molecule has 0 spiro atoms. The Morgan fingerprint density at radius 2 is 1.88 bits per heavy atom. The van der Waals surface area contributed by atoms with Gasteiger partial charge in [0, 0.05) is 33.3 Å². The molecule has 0 radical (unpaired) electrons. The van der Waals surface area contributed by atoms with E-state index in [-0.39, 0.29) is 6.03 Å². The fourth-order valence-electron chi connectivity index (χ4n) is 3.10. The second-order valence-electron chi connectivity index (χ2n) is 6.78. The molecule has 1 N–H and O–H groups in total. The molecule has 0 bridgehead atoms. The van der Waals surface area contributed by atoms with E-state index in [0.717, 1.165) is 44.0 Å². The largest absolute Gasteiger partial charge is 0.383 e. The number of para-hydroxylation sites is 2. The highest BCUT2D eigenvalue weighted by atomic mass is 16.5. The van der Waals surface area contributed by atoms with Crippen LogP contribution in [0.15, 0.2) is 24.3 Å². The topological polar surface area (TPSA) is 48.1 Å².